The Balaban J connectivity index is 2.70. The van der Waals surface area contributed by atoms with E-state index < -0.39 is 0 Å². The van der Waals surface area contributed by atoms with Gasteiger partial charge < -0.3 is 5.73 Å². The van der Waals surface area contributed by atoms with Crippen molar-refractivity contribution in [3.8, 4) is 0 Å². The Morgan fingerprint density at radius 2 is 1.81 bits per heavy atom. The largest absolute Gasteiger partial charge is 0.398 e. The lowest BCUT2D eigenvalue weighted by molar-refractivity contribution is 0.525. The first kappa shape index (κ1) is 13.0. The second-order valence-electron chi connectivity index (χ2n) is 4.49. The van der Waals surface area contributed by atoms with E-state index in [1.54, 1.807) is 6.20 Å². The molecular weight excluding hydrogens is 196 g/mol. The summed E-state index contributed by atoms with van der Waals surface area (Å²) < 4.78 is 0. The fourth-order valence-electron chi connectivity index (χ4n) is 2.11. The molecule has 0 bridgehead atoms. The van der Waals surface area contributed by atoms with Gasteiger partial charge in [-0.2, -0.15) is 0 Å². The Labute approximate surface area is 99.3 Å². The second-order valence-corrected chi connectivity index (χ2v) is 4.49. The molecule has 0 saturated heterocycles. The standard InChI is InChI=1S/C14H24N2/c1-3-5-7-12(8-6-4-2)13-11-16-10-9-14(13)15/h9-12H,3-8H2,1-2H3,(H2,15,16). The SMILES string of the molecule is CCCCC(CCCC)c1cnccc1N. The average molecular weight is 220 g/mol. The van der Waals surface area contributed by atoms with E-state index in [9.17, 15) is 0 Å². The van der Waals surface area contributed by atoms with Gasteiger partial charge in [0.15, 0.2) is 0 Å². The van der Waals surface area contributed by atoms with Crippen LogP contribution in [0.2, 0.25) is 0 Å². The summed E-state index contributed by atoms with van der Waals surface area (Å²) in [4.78, 5) is 4.20. The van der Waals surface area contributed by atoms with Gasteiger partial charge in [0.2, 0.25) is 0 Å². The van der Waals surface area contributed by atoms with Gasteiger partial charge in [-0.1, -0.05) is 39.5 Å². The summed E-state index contributed by atoms with van der Waals surface area (Å²) in [5, 5.41) is 0. The monoisotopic (exact) mass is 220 g/mol. The van der Waals surface area contributed by atoms with Gasteiger partial charge in [-0.25, -0.2) is 0 Å². The third-order valence-electron chi connectivity index (χ3n) is 3.14. The van der Waals surface area contributed by atoms with Crippen LogP contribution in [0.4, 0.5) is 5.69 Å². The van der Waals surface area contributed by atoms with E-state index >= 15 is 0 Å². The van der Waals surface area contributed by atoms with Crippen LogP contribution in [0.1, 0.15) is 63.9 Å². The Bertz CT molecular complexity index is 289. The highest BCUT2D eigenvalue weighted by Gasteiger charge is 2.13. The zero-order valence-electron chi connectivity index (χ0n) is 10.6. The van der Waals surface area contributed by atoms with Gasteiger partial charge in [0.05, 0.1) is 0 Å². The predicted octanol–water partition coefficient (Wildman–Crippen LogP) is 4.13. The van der Waals surface area contributed by atoms with Gasteiger partial charge in [0, 0.05) is 18.1 Å². The number of rotatable bonds is 7. The normalized spacial score (nSPS) is 10.9. The molecule has 2 nitrogen and oxygen atoms in total. The highest BCUT2D eigenvalue weighted by atomic mass is 14.7. The Hall–Kier alpha value is -1.05. The van der Waals surface area contributed by atoms with E-state index in [-0.39, 0.29) is 0 Å². The molecule has 0 unspecified atom stereocenters. The number of nitrogens with zero attached hydrogens (tertiary/aromatic N) is 1. The van der Waals surface area contributed by atoms with Crippen LogP contribution in [0, 0.1) is 0 Å². The van der Waals surface area contributed by atoms with Crippen molar-refractivity contribution in [1.29, 1.82) is 0 Å². The molecule has 0 aliphatic rings. The van der Waals surface area contributed by atoms with E-state index in [4.69, 9.17) is 5.73 Å². The molecule has 0 amide bonds. The molecule has 0 radical (unpaired) electrons. The van der Waals surface area contributed by atoms with Gasteiger partial charge in [-0.05, 0) is 30.4 Å². The Kier molecular flexibility index (Phi) is 5.91. The van der Waals surface area contributed by atoms with Gasteiger partial charge in [-0.15, -0.1) is 0 Å². The molecule has 0 spiro atoms. The summed E-state index contributed by atoms with van der Waals surface area (Å²) in [6.45, 7) is 4.48. The van der Waals surface area contributed by atoms with Crippen molar-refractivity contribution in [2.45, 2.75) is 58.3 Å². The summed E-state index contributed by atoms with van der Waals surface area (Å²) in [7, 11) is 0. The number of nitrogen functional groups attached to an aromatic ring is 1. The molecule has 1 aromatic rings. The highest BCUT2D eigenvalue weighted by Crippen LogP contribution is 2.30. The van der Waals surface area contributed by atoms with E-state index in [1.165, 1.54) is 44.1 Å². The Morgan fingerprint density at radius 1 is 1.19 bits per heavy atom. The first-order valence-corrected chi connectivity index (χ1v) is 6.49. The summed E-state index contributed by atoms with van der Waals surface area (Å²) >= 11 is 0. The minimum Gasteiger partial charge on any atom is -0.398 e. The third kappa shape index (κ3) is 3.84. The zero-order chi connectivity index (χ0) is 11.8. The highest BCUT2D eigenvalue weighted by molar-refractivity contribution is 5.46. The number of hydrogen-bond acceptors (Lipinski definition) is 2. The molecule has 0 aliphatic carbocycles. The van der Waals surface area contributed by atoms with Gasteiger partial charge >= 0.3 is 0 Å². The number of anilines is 1. The quantitative estimate of drug-likeness (QED) is 0.750. The van der Waals surface area contributed by atoms with Crippen molar-refractivity contribution in [3.05, 3.63) is 24.0 Å². The van der Waals surface area contributed by atoms with E-state index in [0.717, 1.165) is 5.69 Å². The van der Waals surface area contributed by atoms with Crippen LogP contribution in [-0.2, 0) is 0 Å². The number of nitrogens with two attached hydrogens (primary N) is 1. The summed E-state index contributed by atoms with van der Waals surface area (Å²) in [5.74, 6) is 0.605. The van der Waals surface area contributed by atoms with E-state index in [0.29, 0.717) is 5.92 Å². The molecule has 16 heavy (non-hydrogen) atoms. The van der Waals surface area contributed by atoms with Crippen LogP contribution in [-0.4, -0.2) is 4.98 Å². The molecule has 1 aromatic heterocycles. The molecule has 1 heterocycles. The van der Waals surface area contributed by atoms with Crippen LogP contribution in [0.25, 0.3) is 0 Å². The van der Waals surface area contributed by atoms with Crippen molar-refractivity contribution in [1.82, 2.24) is 4.98 Å². The first-order valence-electron chi connectivity index (χ1n) is 6.49. The number of unbranched alkanes of at least 4 members (excludes halogenated alkanes) is 2. The smallest absolute Gasteiger partial charge is 0.0380 e. The second kappa shape index (κ2) is 7.26. The molecule has 90 valence electrons. The lowest BCUT2D eigenvalue weighted by Crippen LogP contribution is -2.04. The molecule has 2 heteroatoms. The Morgan fingerprint density at radius 3 is 2.31 bits per heavy atom. The number of pyridine rings is 1. The fraction of sp³-hybridized carbons (Fsp3) is 0.643. The average Bonchev–Trinajstić information content (AvgIpc) is 2.31. The molecule has 0 fully saturated rings. The summed E-state index contributed by atoms with van der Waals surface area (Å²) in [6, 6.07) is 1.92. The summed E-state index contributed by atoms with van der Waals surface area (Å²) in [6.07, 6.45) is 11.3. The maximum atomic E-state index is 6.02. The van der Waals surface area contributed by atoms with E-state index in [1.807, 2.05) is 12.3 Å². The van der Waals surface area contributed by atoms with Crippen LogP contribution in [0.5, 0.6) is 0 Å². The molecule has 0 aliphatic heterocycles. The summed E-state index contributed by atoms with van der Waals surface area (Å²) in [5.41, 5.74) is 8.19. The third-order valence-corrected chi connectivity index (χ3v) is 3.14. The first-order chi connectivity index (χ1) is 7.79. The predicted molar refractivity (Wildman–Crippen MR) is 70.4 cm³/mol. The van der Waals surface area contributed by atoms with Crippen LogP contribution in [0.3, 0.4) is 0 Å². The molecule has 2 N–H and O–H groups in total. The molecule has 0 atom stereocenters. The van der Waals surface area contributed by atoms with Crippen LogP contribution in [0.15, 0.2) is 18.5 Å². The van der Waals surface area contributed by atoms with Gasteiger partial charge in [-0.3, -0.25) is 4.98 Å². The topological polar surface area (TPSA) is 38.9 Å². The van der Waals surface area contributed by atoms with E-state index in [2.05, 4.69) is 18.8 Å². The molecule has 0 saturated carbocycles. The maximum Gasteiger partial charge on any atom is 0.0380 e. The van der Waals surface area contributed by atoms with Crippen LogP contribution >= 0.6 is 0 Å². The van der Waals surface area contributed by atoms with Gasteiger partial charge in [0.25, 0.3) is 0 Å². The number of aromatic nitrogens is 1. The number of hydrogen-bond donors (Lipinski definition) is 1. The lowest BCUT2D eigenvalue weighted by atomic mass is 9.89. The molecular formula is C14H24N2. The van der Waals surface area contributed by atoms with Crippen molar-refractivity contribution in [2.75, 3.05) is 5.73 Å². The molecule has 0 aromatic carbocycles. The lowest BCUT2D eigenvalue weighted by Gasteiger charge is -2.18. The maximum absolute atomic E-state index is 6.02. The van der Waals surface area contributed by atoms with Crippen molar-refractivity contribution in [3.63, 3.8) is 0 Å². The minimum atomic E-state index is 0.605. The van der Waals surface area contributed by atoms with Crippen molar-refractivity contribution in [2.24, 2.45) is 0 Å². The fourth-order valence-corrected chi connectivity index (χ4v) is 2.11. The van der Waals surface area contributed by atoms with Crippen LogP contribution < -0.4 is 5.73 Å². The van der Waals surface area contributed by atoms with Gasteiger partial charge in [0.1, 0.15) is 0 Å². The zero-order valence-corrected chi connectivity index (χ0v) is 10.6. The minimum absolute atomic E-state index is 0.605. The van der Waals surface area contributed by atoms with Crippen molar-refractivity contribution >= 4 is 5.69 Å². The van der Waals surface area contributed by atoms with Crippen molar-refractivity contribution < 1.29 is 0 Å². The molecule has 1 rings (SSSR count).